The molecule has 1 amide bonds. The number of amides is 1. The van der Waals surface area contributed by atoms with Gasteiger partial charge in [-0.2, -0.15) is 0 Å². The van der Waals surface area contributed by atoms with E-state index in [9.17, 15) is 4.79 Å². The quantitative estimate of drug-likeness (QED) is 0.679. The smallest absolute Gasteiger partial charge is 0.250 e. The molecule has 2 atom stereocenters. The summed E-state index contributed by atoms with van der Waals surface area (Å²) in [5.41, 5.74) is 1.01. The average molecular weight is 349 g/mol. The van der Waals surface area contributed by atoms with Gasteiger partial charge in [-0.25, -0.2) is 4.68 Å². The fourth-order valence-corrected chi connectivity index (χ4v) is 3.52. The number of hydrogen-bond donors (Lipinski definition) is 0. The van der Waals surface area contributed by atoms with Gasteiger partial charge in [0.2, 0.25) is 5.91 Å². The molecule has 1 saturated carbocycles. The summed E-state index contributed by atoms with van der Waals surface area (Å²) in [6, 6.07) is -0.0784. The molecule has 0 aromatic carbocycles. The predicted molar refractivity (Wildman–Crippen MR) is 95.4 cm³/mol. The van der Waals surface area contributed by atoms with Crippen LogP contribution < -0.4 is 0 Å². The van der Waals surface area contributed by atoms with E-state index in [1.165, 1.54) is 12.8 Å². The first-order valence-corrected chi connectivity index (χ1v) is 9.54. The van der Waals surface area contributed by atoms with Gasteiger partial charge in [-0.1, -0.05) is 5.21 Å². The number of nitrogens with zero attached hydrogens (tertiary/aromatic N) is 5. The summed E-state index contributed by atoms with van der Waals surface area (Å²) in [5.74, 6) is 0.665. The molecule has 2 unspecified atom stereocenters. The highest BCUT2D eigenvalue weighted by Gasteiger charge is 2.35. The lowest BCUT2D eigenvalue weighted by Crippen LogP contribution is -2.43. The Labute approximate surface area is 150 Å². The predicted octanol–water partition coefficient (Wildman–Crippen LogP) is 1.68. The third kappa shape index (κ3) is 4.58. The number of carbonyl (C=O) groups excluding carboxylic acids is 1. The Balaban J connectivity index is 1.71. The molecule has 7 heteroatoms. The summed E-state index contributed by atoms with van der Waals surface area (Å²) in [6.45, 7) is 4.75. The van der Waals surface area contributed by atoms with Crippen molar-refractivity contribution < 1.29 is 9.53 Å². The van der Waals surface area contributed by atoms with Gasteiger partial charge >= 0.3 is 0 Å². The second-order valence-electron chi connectivity index (χ2n) is 7.49. The van der Waals surface area contributed by atoms with E-state index in [0.717, 1.165) is 38.0 Å². The Kier molecular flexibility index (Phi) is 6.06. The molecule has 1 aliphatic heterocycles. The maximum Gasteiger partial charge on any atom is 0.250 e. The molecule has 2 heterocycles. The molecular formula is C18H31N5O2. The molecule has 0 spiro atoms. The fourth-order valence-electron chi connectivity index (χ4n) is 3.52. The summed E-state index contributed by atoms with van der Waals surface area (Å²) in [7, 11) is 4.15. The van der Waals surface area contributed by atoms with Crippen molar-refractivity contribution in [2.24, 2.45) is 0 Å². The van der Waals surface area contributed by atoms with Gasteiger partial charge in [-0.05, 0) is 59.7 Å². The standard InChI is InChI=1S/C18H31N5O2/c1-4-25-13-17(23-12-16(19-20-23)14-7-8-14)18(24)22-10-5-6-15(22)9-11-21(2)3/h12,14-15,17H,4-11,13H2,1-3H3. The van der Waals surface area contributed by atoms with Crippen LogP contribution in [0.15, 0.2) is 6.20 Å². The summed E-state index contributed by atoms with van der Waals surface area (Å²) in [6.07, 6.45) is 7.50. The molecule has 7 nitrogen and oxygen atoms in total. The van der Waals surface area contributed by atoms with Crippen molar-refractivity contribution in [1.29, 1.82) is 0 Å². The van der Waals surface area contributed by atoms with E-state index >= 15 is 0 Å². The van der Waals surface area contributed by atoms with Crippen LogP contribution in [0.2, 0.25) is 0 Å². The first-order chi connectivity index (χ1) is 12.1. The molecular weight excluding hydrogens is 318 g/mol. The number of rotatable bonds is 9. The van der Waals surface area contributed by atoms with Crippen LogP contribution in [0.4, 0.5) is 0 Å². The highest BCUT2D eigenvalue weighted by molar-refractivity contribution is 5.81. The Bertz CT molecular complexity index is 570. The van der Waals surface area contributed by atoms with Gasteiger partial charge in [0, 0.05) is 31.3 Å². The van der Waals surface area contributed by atoms with E-state index in [2.05, 4.69) is 29.3 Å². The Morgan fingerprint density at radius 1 is 1.40 bits per heavy atom. The molecule has 3 rings (SSSR count). The van der Waals surface area contributed by atoms with Crippen molar-refractivity contribution >= 4 is 5.91 Å². The number of likely N-dealkylation sites (tertiary alicyclic amines) is 1. The van der Waals surface area contributed by atoms with Gasteiger partial charge in [-0.15, -0.1) is 5.10 Å². The second-order valence-corrected chi connectivity index (χ2v) is 7.49. The molecule has 1 aromatic heterocycles. The molecule has 1 saturated heterocycles. The Morgan fingerprint density at radius 2 is 2.20 bits per heavy atom. The highest BCUT2D eigenvalue weighted by Crippen LogP contribution is 2.38. The minimum atomic E-state index is -0.403. The van der Waals surface area contributed by atoms with Crippen molar-refractivity contribution in [3.8, 4) is 0 Å². The molecule has 25 heavy (non-hydrogen) atoms. The monoisotopic (exact) mass is 349 g/mol. The normalized spacial score (nSPS) is 21.9. The van der Waals surface area contributed by atoms with Crippen molar-refractivity contribution in [2.75, 3.05) is 40.4 Å². The van der Waals surface area contributed by atoms with Gasteiger partial charge in [0.05, 0.1) is 12.3 Å². The highest BCUT2D eigenvalue weighted by atomic mass is 16.5. The molecule has 2 fully saturated rings. The van der Waals surface area contributed by atoms with Crippen molar-refractivity contribution in [3.63, 3.8) is 0 Å². The van der Waals surface area contributed by atoms with E-state index in [0.29, 0.717) is 25.2 Å². The largest absolute Gasteiger partial charge is 0.379 e. The van der Waals surface area contributed by atoms with Crippen molar-refractivity contribution in [3.05, 3.63) is 11.9 Å². The summed E-state index contributed by atoms with van der Waals surface area (Å²) < 4.78 is 7.33. The van der Waals surface area contributed by atoms with E-state index in [1.54, 1.807) is 4.68 Å². The van der Waals surface area contributed by atoms with Gasteiger partial charge in [0.1, 0.15) is 0 Å². The lowest BCUT2D eigenvalue weighted by atomic mass is 10.1. The molecule has 0 N–H and O–H groups in total. The zero-order chi connectivity index (χ0) is 17.8. The summed E-state index contributed by atoms with van der Waals surface area (Å²) in [5, 5.41) is 8.53. The van der Waals surface area contributed by atoms with Crippen molar-refractivity contribution in [1.82, 2.24) is 24.8 Å². The van der Waals surface area contributed by atoms with Crippen LogP contribution in [0.3, 0.4) is 0 Å². The Hall–Kier alpha value is -1.47. The zero-order valence-corrected chi connectivity index (χ0v) is 15.7. The van der Waals surface area contributed by atoms with Gasteiger partial charge < -0.3 is 14.5 Å². The average Bonchev–Trinajstić information content (AvgIpc) is 3.14. The Morgan fingerprint density at radius 3 is 2.88 bits per heavy atom. The first-order valence-electron chi connectivity index (χ1n) is 9.54. The van der Waals surface area contributed by atoms with Gasteiger partial charge in [0.25, 0.3) is 0 Å². The third-order valence-corrected chi connectivity index (χ3v) is 5.18. The molecule has 1 aliphatic carbocycles. The summed E-state index contributed by atoms with van der Waals surface area (Å²) in [4.78, 5) is 17.5. The molecule has 140 valence electrons. The molecule has 0 bridgehead atoms. The molecule has 2 aliphatic rings. The van der Waals surface area contributed by atoms with Crippen LogP contribution in [0, 0.1) is 0 Å². The number of aromatic nitrogens is 3. The van der Waals surface area contributed by atoms with E-state index in [-0.39, 0.29) is 5.91 Å². The van der Waals surface area contributed by atoms with Gasteiger partial charge in [0.15, 0.2) is 6.04 Å². The van der Waals surface area contributed by atoms with Crippen LogP contribution in [-0.2, 0) is 9.53 Å². The first kappa shape index (κ1) is 18.3. The SMILES string of the molecule is CCOCC(C(=O)N1CCCC1CCN(C)C)n1cc(C2CC2)nn1. The lowest BCUT2D eigenvalue weighted by Gasteiger charge is -2.29. The zero-order valence-electron chi connectivity index (χ0n) is 15.7. The number of hydrogen-bond acceptors (Lipinski definition) is 5. The van der Waals surface area contributed by atoms with Crippen LogP contribution in [0.25, 0.3) is 0 Å². The maximum atomic E-state index is 13.2. The van der Waals surface area contributed by atoms with Crippen LogP contribution >= 0.6 is 0 Å². The summed E-state index contributed by atoms with van der Waals surface area (Å²) >= 11 is 0. The lowest BCUT2D eigenvalue weighted by molar-refractivity contribution is -0.138. The second kappa shape index (κ2) is 8.27. The maximum absolute atomic E-state index is 13.2. The van der Waals surface area contributed by atoms with Gasteiger partial charge in [-0.3, -0.25) is 4.79 Å². The van der Waals surface area contributed by atoms with E-state index in [1.807, 2.05) is 18.0 Å². The third-order valence-electron chi connectivity index (χ3n) is 5.18. The number of ether oxygens (including phenoxy) is 1. The van der Waals surface area contributed by atoms with Crippen LogP contribution in [0.1, 0.15) is 56.7 Å². The van der Waals surface area contributed by atoms with Crippen LogP contribution in [-0.4, -0.2) is 77.1 Å². The van der Waals surface area contributed by atoms with Crippen LogP contribution in [0.5, 0.6) is 0 Å². The molecule has 0 radical (unpaired) electrons. The topological polar surface area (TPSA) is 63.5 Å². The van der Waals surface area contributed by atoms with Crippen molar-refractivity contribution in [2.45, 2.75) is 57.0 Å². The van der Waals surface area contributed by atoms with E-state index < -0.39 is 6.04 Å². The minimum Gasteiger partial charge on any atom is -0.379 e. The van der Waals surface area contributed by atoms with E-state index in [4.69, 9.17) is 4.74 Å². The minimum absolute atomic E-state index is 0.127. The molecule has 1 aromatic rings. The fraction of sp³-hybridized carbons (Fsp3) is 0.833. The number of carbonyl (C=O) groups is 1.